The van der Waals surface area contributed by atoms with Gasteiger partial charge in [0.1, 0.15) is 4.83 Å². The minimum Gasteiger partial charge on any atom is -0.338 e. The molecule has 3 amide bonds. The molecule has 2 aromatic rings. The Morgan fingerprint density at radius 1 is 1.19 bits per heavy atom. The third-order valence-corrected chi connectivity index (χ3v) is 8.07. The first-order valence-electron chi connectivity index (χ1n) is 11.2. The predicted molar refractivity (Wildman–Crippen MR) is 125 cm³/mol. The van der Waals surface area contributed by atoms with Crippen LogP contribution < -0.4 is 16.2 Å². The average Bonchev–Trinajstić information content (AvgIpc) is 3.38. The Morgan fingerprint density at radius 2 is 1.94 bits per heavy atom. The van der Waals surface area contributed by atoms with Crippen LogP contribution in [0.15, 0.2) is 9.95 Å². The number of hydrogen-bond donors (Lipinski definition) is 2. The summed E-state index contributed by atoms with van der Waals surface area (Å²) >= 11 is 2.88. The highest BCUT2D eigenvalue weighted by atomic mass is 32.2. The maximum Gasteiger partial charge on any atom is 0.321 e. The van der Waals surface area contributed by atoms with Gasteiger partial charge >= 0.3 is 6.03 Å². The molecule has 0 aliphatic heterocycles. The van der Waals surface area contributed by atoms with Gasteiger partial charge in [-0.2, -0.15) is 0 Å². The predicted octanol–water partition coefficient (Wildman–Crippen LogP) is 4.03. The van der Waals surface area contributed by atoms with E-state index < -0.39 is 6.03 Å². The van der Waals surface area contributed by atoms with Crippen molar-refractivity contribution >= 4 is 45.3 Å². The normalized spacial score (nSPS) is 16.6. The number of nitrogens with one attached hydrogen (secondary N) is 2. The first kappa shape index (κ1) is 22.3. The van der Waals surface area contributed by atoms with Crippen LogP contribution >= 0.6 is 23.1 Å². The molecule has 7 nitrogen and oxygen atoms in total. The van der Waals surface area contributed by atoms with E-state index in [1.165, 1.54) is 22.2 Å². The Labute approximate surface area is 190 Å². The van der Waals surface area contributed by atoms with Gasteiger partial charge in [0.2, 0.25) is 5.91 Å². The van der Waals surface area contributed by atoms with Crippen LogP contribution in [-0.2, 0) is 17.6 Å². The number of rotatable bonds is 6. The number of fused-ring (bicyclic) bond motifs is 3. The molecular weight excluding hydrogens is 432 g/mol. The summed E-state index contributed by atoms with van der Waals surface area (Å²) in [5.74, 6) is -0.0298. The lowest BCUT2D eigenvalue weighted by Gasteiger charge is -2.18. The zero-order valence-electron chi connectivity index (χ0n) is 18.2. The molecule has 31 heavy (non-hydrogen) atoms. The number of hydrogen-bond acceptors (Lipinski definition) is 6. The molecule has 2 aliphatic carbocycles. The fraction of sp³-hybridized carbons (Fsp3) is 0.636. The number of imide groups is 1. The van der Waals surface area contributed by atoms with Crippen LogP contribution in [0.3, 0.4) is 0 Å². The van der Waals surface area contributed by atoms with E-state index in [2.05, 4.69) is 10.6 Å². The van der Waals surface area contributed by atoms with Gasteiger partial charge in [-0.15, -0.1) is 11.3 Å². The third-order valence-electron chi connectivity index (χ3n) is 5.93. The Bertz CT molecular complexity index is 1040. The molecule has 2 heterocycles. The van der Waals surface area contributed by atoms with Crippen LogP contribution in [0.5, 0.6) is 0 Å². The molecular formula is C22H30N4O3S2. The van der Waals surface area contributed by atoms with Gasteiger partial charge < -0.3 is 5.32 Å². The maximum absolute atomic E-state index is 13.6. The summed E-state index contributed by atoms with van der Waals surface area (Å²) in [6.45, 7) is 4.49. The number of carbonyl (C=O) groups excluding carboxylic acids is 2. The van der Waals surface area contributed by atoms with Gasteiger partial charge in [0, 0.05) is 17.5 Å². The number of carbonyl (C=O) groups is 2. The van der Waals surface area contributed by atoms with Crippen molar-refractivity contribution in [1.82, 2.24) is 20.2 Å². The van der Waals surface area contributed by atoms with Crippen molar-refractivity contribution in [3.63, 3.8) is 0 Å². The molecule has 0 aromatic carbocycles. The van der Waals surface area contributed by atoms with Crippen molar-refractivity contribution in [2.45, 2.75) is 76.4 Å². The molecule has 0 atom stereocenters. The lowest BCUT2D eigenvalue weighted by molar-refractivity contribution is -0.117. The fourth-order valence-corrected chi connectivity index (χ4v) is 6.59. The lowest BCUT2D eigenvalue weighted by atomic mass is 9.97. The number of aryl methyl sites for hydroxylation is 2. The monoisotopic (exact) mass is 462 g/mol. The van der Waals surface area contributed by atoms with E-state index in [9.17, 15) is 14.4 Å². The number of amides is 3. The van der Waals surface area contributed by atoms with Crippen molar-refractivity contribution in [3.05, 3.63) is 20.8 Å². The highest BCUT2D eigenvalue weighted by Gasteiger charge is 2.27. The Hall–Kier alpha value is -1.87. The summed E-state index contributed by atoms with van der Waals surface area (Å²) in [7, 11) is 0. The number of thioether (sulfide) groups is 1. The van der Waals surface area contributed by atoms with E-state index in [0.29, 0.717) is 17.6 Å². The van der Waals surface area contributed by atoms with E-state index in [0.717, 1.165) is 61.6 Å². The molecule has 0 spiro atoms. The lowest BCUT2D eigenvalue weighted by Crippen LogP contribution is -2.41. The van der Waals surface area contributed by atoms with E-state index in [1.54, 1.807) is 11.3 Å². The summed E-state index contributed by atoms with van der Waals surface area (Å²) in [6, 6.07) is -0.342. The quantitative estimate of drug-likeness (QED) is 0.499. The first-order valence-corrected chi connectivity index (χ1v) is 13.0. The minimum atomic E-state index is -0.484. The molecule has 0 radical (unpaired) electrons. The van der Waals surface area contributed by atoms with E-state index in [1.807, 2.05) is 18.4 Å². The van der Waals surface area contributed by atoms with Gasteiger partial charge in [0.05, 0.1) is 11.1 Å². The standard InChI is InChI=1S/C22H30N4O3S2/c1-13(2)11-23-21(29)24-17(27)12-30-22-25-19-18(15-9-5-6-10-16(15)31-19)20(28)26(22)14-7-3-4-8-14/h13-14H,3-12H2,1-2H3,(H2,23,24,27,29). The first-order chi connectivity index (χ1) is 14.9. The highest BCUT2D eigenvalue weighted by molar-refractivity contribution is 7.99. The molecule has 9 heteroatoms. The SMILES string of the molecule is CC(C)CNC(=O)NC(=O)CSc1nc2sc3c(c2c(=O)n1C1CCCC1)CCCC3. The summed E-state index contributed by atoms with van der Waals surface area (Å²) in [5, 5.41) is 6.44. The zero-order chi connectivity index (χ0) is 22.0. The number of urea groups is 1. The van der Waals surface area contributed by atoms with Gasteiger partial charge in [0.25, 0.3) is 5.56 Å². The Balaban J connectivity index is 1.57. The van der Waals surface area contributed by atoms with Crippen LogP contribution in [0.25, 0.3) is 10.2 Å². The summed E-state index contributed by atoms with van der Waals surface area (Å²) in [6.07, 6.45) is 8.42. The van der Waals surface area contributed by atoms with Gasteiger partial charge in [-0.3, -0.25) is 19.5 Å². The maximum atomic E-state index is 13.6. The molecule has 0 saturated heterocycles. The Kier molecular flexibility index (Phi) is 7.01. The molecule has 1 saturated carbocycles. The van der Waals surface area contributed by atoms with Crippen LogP contribution in [-0.4, -0.2) is 33.8 Å². The van der Waals surface area contributed by atoms with Crippen LogP contribution in [0, 0.1) is 5.92 Å². The molecule has 1 fully saturated rings. The topological polar surface area (TPSA) is 93.1 Å². The number of aromatic nitrogens is 2. The number of nitrogens with zero attached hydrogens (tertiary/aromatic N) is 2. The third kappa shape index (κ3) is 4.98. The minimum absolute atomic E-state index is 0.0465. The van der Waals surface area contributed by atoms with Crippen molar-refractivity contribution in [2.24, 2.45) is 5.92 Å². The second-order valence-electron chi connectivity index (χ2n) is 8.84. The second-order valence-corrected chi connectivity index (χ2v) is 10.9. The summed E-state index contributed by atoms with van der Waals surface area (Å²) < 4.78 is 1.84. The van der Waals surface area contributed by atoms with Gasteiger partial charge in [-0.05, 0) is 50.0 Å². The molecule has 4 rings (SSSR count). The highest BCUT2D eigenvalue weighted by Crippen LogP contribution is 2.37. The molecule has 0 bridgehead atoms. The fourth-order valence-electron chi connectivity index (χ4n) is 4.42. The molecule has 2 N–H and O–H groups in total. The van der Waals surface area contributed by atoms with E-state index in [-0.39, 0.29) is 23.3 Å². The molecule has 0 unspecified atom stereocenters. The van der Waals surface area contributed by atoms with E-state index >= 15 is 0 Å². The average molecular weight is 463 g/mol. The van der Waals surface area contributed by atoms with E-state index in [4.69, 9.17) is 4.98 Å². The van der Waals surface area contributed by atoms with Crippen LogP contribution in [0.1, 0.15) is 68.9 Å². The molecule has 2 aromatic heterocycles. The van der Waals surface area contributed by atoms with Gasteiger partial charge in [-0.1, -0.05) is 38.5 Å². The second kappa shape index (κ2) is 9.73. The molecule has 2 aliphatic rings. The van der Waals surface area contributed by atoms with Gasteiger partial charge in [-0.25, -0.2) is 9.78 Å². The van der Waals surface area contributed by atoms with Gasteiger partial charge in [0.15, 0.2) is 5.16 Å². The summed E-state index contributed by atoms with van der Waals surface area (Å²) in [4.78, 5) is 44.7. The largest absolute Gasteiger partial charge is 0.338 e. The van der Waals surface area contributed by atoms with Crippen molar-refractivity contribution in [1.29, 1.82) is 0 Å². The Morgan fingerprint density at radius 3 is 2.68 bits per heavy atom. The zero-order valence-corrected chi connectivity index (χ0v) is 19.8. The van der Waals surface area contributed by atoms with Crippen LogP contribution in [0.4, 0.5) is 4.79 Å². The smallest absolute Gasteiger partial charge is 0.321 e. The molecule has 168 valence electrons. The van der Waals surface area contributed by atoms with Crippen molar-refractivity contribution in [2.75, 3.05) is 12.3 Å². The van der Waals surface area contributed by atoms with Crippen LogP contribution in [0.2, 0.25) is 0 Å². The summed E-state index contributed by atoms with van der Waals surface area (Å²) in [5.41, 5.74) is 1.25. The number of thiophene rings is 1. The van der Waals surface area contributed by atoms with Crippen molar-refractivity contribution in [3.8, 4) is 0 Å². The van der Waals surface area contributed by atoms with Crippen molar-refractivity contribution < 1.29 is 9.59 Å².